The molecule has 0 spiro atoms. The molecule has 2 atom stereocenters. The molecule has 0 aliphatic rings. The molecule has 0 unspecified atom stereocenters. The number of anilines is 3. The molecule has 0 bridgehead atoms. The van der Waals surface area contributed by atoms with E-state index in [2.05, 4.69) is 102 Å². The fourth-order valence-electron chi connectivity index (χ4n) is 13.5. The molecule has 0 aliphatic heterocycles. The van der Waals surface area contributed by atoms with Crippen molar-refractivity contribution in [2.75, 3.05) is 84.9 Å². The Bertz CT molecular complexity index is 4660. The van der Waals surface area contributed by atoms with Crippen LogP contribution in [0.3, 0.4) is 0 Å². The summed E-state index contributed by atoms with van der Waals surface area (Å²) >= 11 is 0. The lowest BCUT2D eigenvalue weighted by Crippen LogP contribution is -2.67. The first-order valence-corrected chi connectivity index (χ1v) is 38.8. The molecule has 0 saturated carbocycles. The first-order valence-electron chi connectivity index (χ1n) is 36.8. The number of para-hydroxylation sites is 2. The van der Waals surface area contributed by atoms with E-state index in [0.717, 1.165) is 44.9 Å². The SMILES string of the molecule is COc1ccc(C(OC[C@H](CO)OCCn2cnc3c(OC(=O)N(c4ccccc4)c4ccccc4)nc(NC(=O)C(C)C)nc32)(c2ccccc2)c2ccc(OC)cc2)cc1.COc1ccc(C(OC[C@H](CO[Si](c2ccccc2)(c2ccccc2)C(C)(C)C)OCCO)(c2ccccc2)c2ccc(OC)cc2)cc1. The number of nitrogens with one attached hydrogen (secondary N) is 1. The zero-order valence-electron chi connectivity index (χ0n) is 64.1. The van der Waals surface area contributed by atoms with Crippen molar-refractivity contribution < 1.29 is 66.9 Å². The van der Waals surface area contributed by atoms with E-state index in [9.17, 15) is 19.8 Å². The summed E-state index contributed by atoms with van der Waals surface area (Å²) in [6.45, 7) is 10.7. The number of ether oxygens (including phenoxy) is 9. The summed E-state index contributed by atoms with van der Waals surface area (Å²) in [5.41, 5.74) is 4.84. The van der Waals surface area contributed by atoms with E-state index >= 15 is 0 Å². The number of fused-ring (bicyclic) bond motifs is 1. The van der Waals surface area contributed by atoms with Crippen molar-refractivity contribution in [2.24, 2.45) is 5.92 Å². The van der Waals surface area contributed by atoms with Crippen molar-refractivity contribution >= 4 is 59.2 Å². The first-order chi connectivity index (χ1) is 54.0. The van der Waals surface area contributed by atoms with Gasteiger partial charge >= 0.3 is 6.09 Å². The predicted molar refractivity (Wildman–Crippen MR) is 434 cm³/mol. The van der Waals surface area contributed by atoms with Crippen LogP contribution in [0.25, 0.3) is 11.2 Å². The molecule has 3 N–H and O–H groups in total. The van der Waals surface area contributed by atoms with Crippen molar-refractivity contribution in [3.8, 4) is 28.9 Å². The number of benzene rings is 10. The summed E-state index contributed by atoms with van der Waals surface area (Å²) in [6, 6.07) is 90.6. The molecule has 20 nitrogen and oxygen atoms in total. The number of hydrogen-bond acceptors (Lipinski definition) is 17. The molecule has 111 heavy (non-hydrogen) atoms. The standard InChI is InChI=1S/C48H48N6O8.C42H48O6Si/c1-33(2)44(56)51-46-50-43-42(45(52-46)62-47(57)54(37-16-10-6-11-17-37)38-18-12-7-13-19-38)49-32-53(43)28-29-60-41(30-55)31-61-48(34-14-8-5-9-15-34,35-20-24-39(58-3)25-21-35)36-22-26-40(59-4)27-23-36;1-41(2,3)49(39-17-11-7-12-18-39,40-19-13-8-14-20-40)48-32-38(46-30-29-43)31-47-42(33-15-9-6-10-16-33,34-21-25-36(44-4)26-22-34)35-23-27-37(45-5)28-24-35/h5-27,32-33,41,55H,28-31H2,1-4H3,(H,50,51,52,56);6-28,38,43H,29-32H2,1-5H3/t41-;38-/m01/s1. The van der Waals surface area contributed by atoms with Crippen molar-refractivity contribution in [1.82, 2.24) is 19.5 Å². The largest absolute Gasteiger partial charge is 0.497 e. The van der Waals surface area contributed by atoms with Gasteiger partial charge in [0.15, 0.2) is 11.2 Å². The molecular formula is C90H96N6O14Si. The Balaban J connectivity index is 0.000000226. The third kappa shape index (κ3) is 18.9. The number of rotatable bonds is 34. The number of imidazole rings is 1. The highest BCUT2D eigenvalue weighted by atomic mass is 28.4. The van der Waals surface area contributed by atoms with E-state index in [-0.39, 0.29) is 92.6 Å². The van der Waals surface area contributed by atoms with E-state index in [1.54, 1.807) is 71.1 Å². The van der Waals surface area contributed by atoms with Gasteiger partial charge in [-0.2, -0.15) is 9.97 Å². The minimum Gasteiger partial charge on any atom is -0.497 e. The highest BCUT2D eigenvalue weighted by Crippen LogP contribution is 2.45. The van der Waals surface area contributed by atoms with Gasteiger partial charge in [0.25, 0.3) is 14.2 Å². The van der Waals surface area contributed by atoms with E-state index in [4.69, 9.17) is 47.1 Å². The summed E-state index contributed by atoms with van der Waals surface area (Å²) in [6.07, 6.45) is -0.465. The summed E-state index contributed by atoms with van der Waals surface area (Å²) in [5, 5.41) is 25.4. The molecule has 10 aromatic carbocycles. The number of aliphatic hydroxyl groups excluding tert-OH is 2. The Morgan fingerprint density at radius 1 is 0.477 bits per heavy atom. The van der Waals surface area contributed by atoms with Crippen molar-refractivity contribution in [3.63, 3.8) is 0 Å². The lowest BCUT2D eigenvalue weighted by Gasteiger charge is -2.44. The summed E-state index contributed by atoms with van der Waals surface area (Å²) in [4.78, 5) is 41.8. The Morgan fingerprint density at radius 3 is 1.23 bits per heavy atom. The lowest BCUT2D eigenvalue weighted by molar-refractivity contribution is -0.118. The summed E-state index contributed by atoms with van der Waals surface area (Å²) in [7, 11) is 3.69. The molecule has 0 radical (unpaired) electrons. The molecule has 0 saturated heterocycles. The lowest BCUT2D eigenvalue weighted by atomic mass is 9.80. The van der Waals surface area contributed by atoms with E-state index in [1.165, 1.54) is 21.6 Å². The highest BCUT2D eigenvalue weighted by molar-refractivity contribution is 6.99. The van der Waals surface area contributed by atoms with Crippen LogP contribution in [0.15, 0.2) is 285 Å². The van der Waals surface area contributed by atoms with Gasteiger partial charge in [-0.3, -0.25) is 10.1 Å². The molecule has 0 aliphatic carbocycles. The monoisotopic (exact) mass is 1510 g/mol. The fourth-order valence-corrected chi connectivity index (χ4v) is 18.1. The smallest absolute Gasteiger partial charge is 0.425 e. The van der Waals surface area contributed by atoms with Crippen LogP contribution < -0.4 is 44.3 Å². The van der Waals surface area contributed by atoms with E-state index < -0.39 is 37.8 Å². The number of hydrogen-bond donors (Lipinski definition) is 3. The van der Waals surface area contributed by atoms with E-state index in [0.29, 0.717) is 22.9 Å². The van der Waals surface area contributed by atoms with Crippen molar-refractivity contribution in [3.05, 3.63) is 319 Å². The van der Waals surface area contributed by atoms with Gasteiger partial charge in [-0.25, -0.2) is 14.7 Å². The molecule has 2 aromatic heterocycles. The number of carbonyl (C=O) groups excluding carboxylic acids is 2. The molecule has 2 heterocycles. The van der Waals surface area contributed by atoms with Crippen LogP contribution in [0.1, 0.15) is 68.0 Å². The number of carbonyl (C=O) groups is 2. The minimum absolute atomic E-state index is 0.00110. The van der Waals surface area contributed by atoms with Gasteiger partial charge in [0.1, 0.15) is 46.4 Å². The Hall–Kier alpha value is -11.4. The number of amides is 2. The van der Waals surface area contributed by atoms with E-state index in [1.807, 2.05) is 194 Å². The van der Waals surface area contributed by atoms with Gasteiger partial charge in [0.05, 0.1) is 92.4 Å². The fraction of sp³-hybridized carbons (Fsp3) is 0.256. The van der Waals surface area contributed by atoms with Crippen molar-refractivity contribution in [2.45, 2.75) is 69.6 Å². The van der Waals surface area contributed by atoms with Gasteiger partial charge in [-0.15, -0.1) is 0 Å². The molecule has 574 valence electrons. The number of aliphatic hydroxyl groups is 2. The number of nitrogens with zero attached hydrogens (tertiary/aromatic N) is 5. The van der Waals surface area contributed by atoms with Gasteiger partial charge in [0, 0.05) is 12.5 Å². The van der Waals surface area contributed by atoms with Crippen LogP contribution in [0.4, 0.5) is 22.1 Å². The Labute approximate surface area is 650 Å². The van der Waals surface area contributed by atoms with Crippen molar-refractivity contribution in [1.29, 1.82) is 0 Å². The zero-order valence-corrected chi connectivity index (χ0v) is 65.1. The molecule has 12 aromatic rings. The van der Waals surface area contributed by atoms with Crippen LogP contribution in [0, 0.1) is 5.92 Å². The molecule has 0 fully saturated rings. The second-order valence-corrected chi connectivity index (χ2v) is 31.8. The minimum atomic E-state index is -2.86. The van der Waals surface area contributed by atoms with Gasteiger partial charge in [-0.1, -0.05) is 241 Å². The average molecular weight is 1510 g/mol. The van der Waals surface area contributed by atoms with Crippen LogP contribution in [0.2, 0.25) is 5.04 Å². The van der Waals surface area contributed by atoms with Crippen LogP contribution in [0.5, 0.6) is 28.9 Å². The van der Waals surface area contributed by atoms with Crippen LogP contribution in [-0.2, 0) is 45.9 Å². The normalized spacial score (nSPS) is 12.3. The van der Waals surface area contributed by atoms with Crippen LogP contribution in [-0.4, -0.2) is 137 Å². The van der Waals surface area contributed by atoms with Gasteiger partial charge < -0.3 is 61.8 Å². The Kier molecular flexibility index (Phi) is 27.8. The quantitative estimate of drug-likeness (QED) is 0.0252. The third-order valence-electron chi connectivity index (χ3n) is 19.1. The number of methoxy groups -OCH3 is 4. The maximum absolute atomic E-state index is 14.0. The maximum atomic E-state index is 14.0. The second kappa shape index (κ2) is 38.3. The first kappa shape index (κ1) is 80.6. The zero-order chi connectivity index (χ0) is 78.2. The summed E-state index contributed by atoms with van der Waals surface area (Å²) in [5.74, 6) is 1.98. The molecule has 21 heteroatoms. The average Bonchev–Trinajstić information content (AvgIpc) is 1.67. The number of aromatic nitrogens is 4. The third-order valence-corrected chi connectivity index (χ3v) is 24.1. The summed E-state index contributed by atoms with van der Waals surface area (Å²) < 4.78 is 63.7. The topological polar surface area (TPSA) is 226 Å². The molecular weight excluding hydrogens is 1420 g/mol. The Morgan fingerprint density at radius 2 is 0.856 bits per heavy atom. The molecule has 12 rings (SSSR count). The maximum Gasteiger partial charge on any atom is 0.425 e. The van der Waals surface area contributed by atoms with Gasteiger partial charge in [0.2, 0.25) is 11.9 Å². The second-order valence-electron chi connectivity index (χ2n) is 27.5. The van der Waals surface area contributed by atoms with Gasteiger partial charge in [-0.05, 0) is 122 Å². The van der Waals surface area contributed by atoms with Crippen LogP contribution >= 0.6 is 0 Å². The molecule has 2 amide bonds. The predicted octanol–water partition coefficient (Wildman–Crippen LogP) is 15.1. The highest BCUT2D eigenvalue weighted by Gasteiger charge is 2.51.